The summed E-state index contributed by atoms with van der Waals surface area (Å²) in [4.78, 5) is 0. The Balaban J connectivity index is 1.54. The first-order valence-electron chi connectivity index (χ1n) is 9.93. The fraction of sp³-hybridized carbons (Fsp3) is 0.111. The molecule has 4 aromatic carbocycles. The van der Waals surface area contributed by atoms with Gasteiger partial charge in [-0.3, -0.25) is 0 Å². The van der Waals surface area contributed by atoms with E-state index in [2.05, 4.69) is 6.07 Å². The summed E-state index contributed by atoms with van der Waals surface area (Å²) in [7, 11) is 0. The van der Waals surface area contributed by atoms with Gasteiger partial charge in [-0.05, 0) is 28.8 Å². The van der Waals surface area contributed by atoms with Crippen LogP contribution < -0.4 is 14.2 Å². The predicted octanol–water partition coefficient (Wildman–Crippen LogP) is 6.22. The van der Waals surface area contributed by atoms with Gasteiger partial charge in [-0.1, -0.05) is 91.0 Å². The maximum absolute atomic E-state index is 6.15. The molecule has 3 heteroatoms. The molecule has 0 heterocycles. The summed E-state index contributed by atoms with van der Waals surface area (Å²) in [5.74, 6) is 1.74. The number of hydrogen-bond donors (Lipinski definition) is 0. The highest BCUT2D eigenvalue weighted by Gasteiger charge is 2.14. The lowest BCUT2D eigenvalue weighted by molar-refractivity contribution is 0.229. The molecule has 0 amide bonds. The highest BCUT2D eigenvalue weighted by molar-refractivity contribution is 5.50. The van der Waals surface area contributed by atoms with Crippen molar-refractivity contribution in [1.82, 2.24) is 0 Å². The molecular weight excluding hydrogens is 372 g/mol. The van der Waals surface area contributed by atoms with Crippen molar-refractivity contribution in [3.05, 3.63) is 126 Å². The quantitative estimate of drug-likeness (QED) is 0.336. The number of rotatable bonds is 9. The van der Waals surface area contributed by atoms with Gasteiger partial charge in [-0.25, -0.2) is 0 Å². The average molecular weight is 395 g/mol. The van der Waals surface area contributed by atoms with Gasteiger partial charge in [0.15, 0.2) is 11.5 Å². The molecule has 149 valence electrons. The van der Waals surface area contributed by atoms with Crippen LogP contribution in [0.5, 0.6) is 17.2 Å². The first-order chi connectivity index (χ1) is 14.9. The fourth-order valence-corrected chi connectivity index (χ4v) is 3.00. The Kier molecular flexibility index (Phi) is 6.64. The van der Waals surface area contributed by atoms with E-state index in [1.165, 1.54) is 0 Å². The second-order valence-corrected chi connectivity index (χ2v) is 6.82. The molecule has 0 saturated heterocycles. The van der Waals surface area contributed by atoms with Crippen LogP contribution in [0.15, 0.2) is 103 Å². The summed E-state index contributed by atoms with van der Waals surface area (Å²) in [6, 6.07) is 36.9. The summed E-state index contributed by atoms with van der Waals surface area (Å²) in [5.41, 5.74) is 3.24. The van der Waals surface area contributed by atoms with Crippen molar-refractivity contribution in [1.29, 1.82) is 0 Å². The maximum atomic E-state index is 6.15. The molecule has 3 nitrogen and oxygen atoms in total. The van der Waals surface area contributed by atoms with E-state index in [4.69, 9.17) is 14.2 Å². The molecule has 0 N–H and O–H groups in total. The maximum Gasteiger partial charge on any atom is 0.204 e. The van der Waals surface area contributed by atoms with Crippen LogP contribution in [0, 0.1) is 6.07 Å². The molecule has 4 aromatic rings. The highest BCUT2D eigenvalue weighted by atomic mass is 16.5. The average Bonchev–Trinajstić information content (AvgIpc) is 2.82. The molecule has 0 saturated carbocycles. The lowest BCUT2D eigenvalue weighted by Crippen LogP contribution is -2.04. The molecule has 0 aliphatic heterocycles. The van der Waals surface area contributed by atoms with Gasteiger partial charge in [-0.2, -0.15) is 0 Å². The number of hydrogen-bond acceptors (Lipinski definition) is 3. The summed E-state index contributed by atoms with van der Waals surface area (Å²) in [6.45, 7) is 1.30. The van der Waals surface area contributed by atoms with Crippen LogP contribution >= 0.6 is 0 Å². The van der Waals surface area contributed by atoms with Gasteiger partial charge < -0.3 is 14.2 Å². The zero-order valence-electron chi connectivity index (χ0n) is 16.7. The van der Waals surface area contributed by atoms with E-state index in [1.807, 2.05) is 97.1 Å². The summed E-state index contributed by atoms with van der Waals surface area (Å²) >= 11 is 0. The summed E-state index contributed by atoms with van der Waals surface area (Å²) in [6.07, 6.45) is 0. The third kappa shape index (κ3) is 5.42. The van der Waals surface area contributed by atoms with Crippen molar-refractivity contribution in [3.63, 3.8) is 0 Å². The SMILES string of the molecule is [c]1ccc(OCc2ccccc2)c(OCc2ccccc2)c1OCc1ccccc1. The second-order valence-electron chi connectivity index (χ2n) is 6.82. The summed E-state index contributed by atoms with van der Waals surface area (Å²) < 4.78 is 18.3. The Hall–Kier alpha value is -3.72. The molecule has 0 unspecified atom stereocenters. The molecule has 0 aliphatic carbocycles. The molecule has 0 aromatic heterocycles. The Morgan fingerprint density at radius 2 is 0.967 bits per heavy atom. The van der Waals surface area contributed by atoms with Gasteiger partial charge in [-0.15, -0.1) is 0 Å². The molecule has 0 aliphatic rings. The molecule has 1 radical (unpaired) electrons. The topological polar surface area (TPSA) is 27.7 Å². The van der Waals surface area contributed by atoms with Crippen LogP contribution in [-0.4, -0.2) is 0 Å². The first kappa shape index (κ1) is 19.6. The van der Waals surface area contributed by atoms with E-state index in [-0.39, 0.29) is 0 Å². The zero-order valence-corrected chi connectivity index (χ0v) is 16.7. The Morgan fingerprint density at radius 3 is 1.50 bits per heavy atom. The van der Waals surface area contributed by atoms with Crippen LogP contribution in [0.25, 0.3) is 0 Å². The minimum absolute atomic E-state index is 0.419. The molecule has 0 fully saturated rings. The van der Waals surface area contributed by atoms with E-state index >= 15 is 0 Å². The van der Waals surface area contributed by atoms with Gasteiger partial charge >= 0.3 is 0 Å². The van der Waals surface area contributed by atoms with Crippen LogP contribution in [-0.2, 0) is 19.8 Å². The molecule has 0 bridgehead atoms. The molecule has 0 spiro atoms. The van der Waals surface area contributed by atoms with Gasteiger partial charge in [0.1, 0.15) is 19.8 Å². The lowest BCUT2D eigenvalue weighted by atomic mass is 10.2. The van der Waals surface area contributed by atoms with Crippen molar-refractivity contribution < 1.29 is 14.2 Å². The number of ether oxygens (including phenoxy) is 3. The molecular formula is C27H23O3. The largest absolute Gasteiger partial charge is 0.485 e. The van der Waals surface area contributed by atoms with E-state index in [0.717, 1.165) is 16.7 Å². The van der Waals surface area contributed by atoms with Crippen molar-refractivity contribution in [3.8, 4) is 17.2 Å². The van der Waals surface area contributed by atoms with Crippen LogP contribution in [0.1, 0.15) is 16.7 Å². The number of benzene rings is 4. The normalized spacial score (nSPS) is 10.4. The Labute approximate surface area is 177 Å². The lowest BCUT2D eigenvalue weighted by Gasteiger charge is -2.17. The van der Waals surface area contributed by atoms with E-state index < -0.39 is 0 Å². The Morgan fingerprint density at radius 1 is 0.500 bits per heavy atom. The third-order valence-corrected chi connectivity index (χ3v) is 4.57. The van der Waals surface area contributed by atoms with E-state index in [9.17, 15) is 0 Å². The van der Waals surface area contributed by atoms with Gasteiger partial charge in [0.05, 0.1) is 0 Å². The van der Waals surface area contributed by atoms with Gasteiger partial charge in [0.25, 0.3) is 0 Å². The van der Waals surface area contributed by atoms with Gasteiger partial charge in [0, 0.05) is 6.07 Å². The fourth-order valence-electron chi connectivity index (χ4n) is 3.00. The zero-order chi connectivity index (χ0) is 20.4. The molecule has 30 heavy (non-hydrogen) atoms. The third-order valence-electron chi connectivity index (χ3n) is 4.57. The molecule has 4 rings (SSSR count). The van der Waals surface area contributed by atoms with E-state index in [1.54, 1.807) is 6.07 Å². The van der Waals surface area contributed by atoms with Crippen LogP contribution in [0.2, 0.25) is 0 Å². The standard InChI is InChI=1S/C27H23O3/c1-4-11-22(12-5-1)19-28-25-17-10-18-26(29-20-23-13-6-2-7-14-23)27(25)30-21-24-15-8-3-9-16-24/h1-17H,19-21H2. The second kappa shape index (κ2) is 10.2. The van der Waals surface area contributed by atoms with Gasteiger partial charge in [0.2, 0.25) is 5.75 Å². The minimum atomic E-state index is 0.419. The minimum Gasteiger partial charge on any atom is -0.485 e. The van der Waals surface area contributed by atoms with Crippen molar-refractivity contribution in [2.75, 3.05) is 0 Å². The van der Waals surface area contributed by atoms with E-state index in [0.29, 0.717) is 37.1 Å². The first-order valence-corrected chi connectivity index (χ1v) is 9.93. The van der Waals surface area contributed by atoms with Crippen molar-refractivity contribution in [2.45, 2.75) is 19.8 Å². The predicted molar refractivity (Wildman–Crippen MR) is 118 cm³/mol. The molecule has 0 atom stereocenters. The van der Waals surface area contributed by atoms with Crippen molar-refractivity contribution >= 4 is 0 Å². The monoisotopic (exact) mass is 395 g/mol. The smallest absolute Gasteiger partial charge is 0.204 e. The highest BCUT2D eigenvalue weighted by Crippen LogP contribution is 2.38. The van der Waals surface area contributed by atoms with Crippen LogP contribution in [0.3, 0.4) is 0 Å². The van der Waals surface area contributed by atoms with Crippen LogP contribution in [0.4, 0.5) is 0 Å². The summed E-state index contributed by atoms with van der Waals surface area (Å²) in [5, 5.41) is 0. The Bertz CT molecular complexity index is 970. The van der Waals surface area contributed by atoms with Crippen molar-refractivity contribution in [2.24, 2.45) is 0 Å².